The van der Waals surface area contributed by atoms with Gasteiger partial charge in [0.25, 0.3) is 5.69 Å². The maximum absolute atomic E-state index is 11.7. The normalized spacial score (nSPS) is 12.2. The molecule has 0 heterocycles. The fourth-order valence-corrected chi connectivity index (χ4v) is 1.80. The van der Waals surface area contributed by atoms with E-state index in [1.54, 1.807) is 18.2 Å². The van der Waals surface area contributed by atoms with Crippen molar-refractivity contribution < 1.29 is 14.5 Å². The molecule has 0 N–H and O–H groups in total. The molecular weight excluding hydrogens is 222 g/mol. The van der Waals surface area contributed by atoms with E-state index < -0.39 is 16.8 Å². The molecule has 0 bridgehead atoms. The third kappa shape index (κ3) is 2.81. The van der Waals surface area contributed by atoms with E-state index in [1.807, 2.05) is 13.8 Å². The highest BCUT2D eigenvalue weighted by atomic mass is 16.6. The number of ether oxygens (including phenoxy) is 1. The van der Waals surface area contributed by atoms with E-state index in [0.717, 1.165) is 0 Å². The highest BCUT2D eigenvalue weighted by molar-refractivity contribution is 5.80. The van der Waals surface area contributed by atoms with Crippen molar-refractivity contribution >= 4 is 11.7 Å². The molecule has 5 heteroatoms. The van der Waals surface area contributed by atoms with E-state index in [0.29, 0.717) is 5.56 Å². The van der Waals surface area contributed by atoms with Crippen LogP contribution in [0.1, 0.15) is 25.3 Å². The number of rotatable bonds is 4. The Labute approximate surface area is 99.5 Å². The molecule has 5 nitrogen and oxygen atoms in total. The highest BCUT2D eigenvalue weighted by Gasteiger charge is 2.30. The van der Waals surface area contributed by atoms with Gasteiger partial charge < -0.3 is 4.74 Å². The zero-order valence-electron chi connectivity index (χ0n) is 10.0. The molecule has 92 valence electrons. The maximum atomic E-state index is 11.7. The number of methoxy groups -OCH3 is 1. The van der Waals surface area contributed by atoms with Crippen molar-refractivity contribution in [3.8, 4) is 0 Å². The van der Waals surface area contributed by atoms with Gasteiger partial charge in [-0.3, -0.25) is 14.9 Å². The monoisotopic (exact) mass is 237 g/mol. The summed E-state index contributed by atoms with van der Waals surface area (Å²) in [4.78, 5) is 22.1. The van der Waals surface area contributed by atoms with Crippen molar-refractivity contribution in [2.24, 2.45) is 5.92 Å². The largest absolute Gasteiger partial charge is 0.469 e. The average Bonchev–Trinajstić information content (AvgIpc) is 2.29. The number of para-hydroxylation sites is 1. The number of hydrogen-bond donors (Lipinski definition) is 0. The zero-order valence-corrected chi connectivity index (χ0v) is 10.0. The van der Waals surface area contributed by atoms with Gasteiger partial charge in [0.15, 0.2) is 0 Å². The number of benzene rings is 1. The minimum atomic E-state index is -0.610. The summed E-state index contributed by atoms with van der Waals surface area (Å²) in [6.07, 6.45) is 0. The van der Waals surface area contributed by atoms with E-state index in [9.17, 15) is 14.9 Å². The molecule has 17 heavy (non-hydrogen) atoms. The molecule has 1 aromatic carbocycles. The van der Waals surface area contributed by atoms with Crippen LogP contribution in [0.4, 0.5) is 5.69 Å². The van der Waals surface area contributed by atoms with Crippen LogP contribution in [0.15, 0.2) is 24.3 Å². The first-order valence-corrected chi connectivity index (χ1v) is 5.30. The molecule has 0 saturated heterocycles. The molecule has 0 fully saturated rings. The van der Waals surface area contributed by atoms with Crippen molar-refractivity contribution in [1.82, 2.24) is 0 Å². The van der Waals surface area contributed by atoms with Crippen LogP contribution >= 0.6 is 0 Å². The van der Waals surface area contributed by atoms with Gasteiger partial charge in [-0.15, -0.1) is 0 Å². The number of hydrogen-bond acceptors (Lipinski definition) is 4. The Morgan fingerprint density at radius 3 is 2.41 bits per heavy atom. The standard InChI is InChI=1S/C12H15NO4/c1-8(2)11(12(14)17-3)9-6-4-5-7-10(9)13(15)16/h4-8,11H,1-3H3. The zero-order chi connectivity index (χ0) is 13.0. The Balaban J connectivity index is 3.28. The molecular formula is C12H15NO4. The van der Waals surface area contributed by atoms with Crippen molar-refractivity contribution in [3.05, 3.63) is 39.9 Å². The first-order valence-electron chi connectivity index (χ1n) is 5.30. The third-order valence-electron chi connectivity index (χ3n) is 2.59. The summed E-state index contributed by atoms with van der Waals surface area (Å²) < 4.78 is 4.70. The summed E-state index contributed by atoms with van der Waals surface area (Å²) in [5.41, 5.74) is 0.357. The van der Waals surface area contributed by atoms with E-state index in [-0.39, 0.29) is 11.6 Å². The van der Waals surface area contributed by atoms with E-state index in [4.69, 9.17) is 4.74 Å². The van der Waals surface area contributed by atoms with Gasteiger partial charge in [0, 0.05) is 11.6 Å². The average molecular weight is 237 g/mol. The molecule has 1 aromatic rings. The Hall–Kier alpha value is -1.91. The topological polar surface area (TPSA) is 69.4 Å². The van der Waals surface area contributed by atoms with Crippen LogP contribution in [-0.2, 0) is 9.53 Å². The fraction of sp³-hybridized carbons (Fsp3) is 0.417. The van der Waals surface area contributed by atoms with Crippen molar-refractivity contribution in [1.29, 1.82) is 0 Å². The number of carbonyl (C=O) groups is 1. The van der Waals surface area contributed by atoms with Gasteiger partial charge in [-0.25, -0.2) is 0 Å². The lowest BCUT2D eigenvalue weighted by Crippen LogP contribution is -2.20. The van der Waals surface area contributed by atoms with Gasteiger partial charge in [-0.05, 0) is 5.92 Å². The number of nitrogens with zero attached hydrogens (tertiary/aromatic N) is 1. The van der Waals surface area contributed by atoms with Gasteiger partial charge in [0.05, 0.1) is 18.0 Å². The SMILES string of the molecule is COC(=O)C(c1ccccc1[N+](=O)[O-])C(C)C. The highest BCUT2D eigenvalue weighted by Crippen LogP contribution is 2.32. The number of carbonyl (C=O) groups excluding carboxylic acids is 1. The molecule has 1 unspecified atom stereocenters. The second kappa shape index (κ2) is 5.43. The molecule has 0 amide bonds. The predicted molar refractivity (Wildman–Crippen MR) is 62.7 cm³/mol. The predicted octanol–water partition coefficient (Wildman–Crippen LogP) is 2.51. The summed E-state index contributed by atoms with van der Waals surface area (Å²) in [6, 6.07) is 6.25. The first kappa shape index (κ1) is 13.2. The summed E-state index contributed by atoms with van der Waals surface area (Å²) >= 11 is 0. The van der Waals surface area contributed by atoms with Crippen LogP contribution in [0.5, 0.6) is 0 Å². The van der Waals surface area contributed by atoms with Crippen molar-refractivity contribution in [3.63, 3.8) is 0 Å². The lowest BCUT2D eigenvalue weighted by atomic mass is 9.87. The second-order valence-electron chi connectivity index (χ2n) is 4.06. The van der Waals surface area contributed by atoms with Crippen LogP contribution < -0.4 is 0 Å². The Kier molecular flexibility index (Phi) is 4.20. The summed E-state index contributed by atoms with van der Waals surface area (Å²) in [7, 11) is 1.28. The van der Waals surface area contributed by atoms with Gasteiger partial charge in [-0.2, -0.15) is 0 Å². The molecule has 0 spiro atoms. The lowest BCUT2D eigenvalue weighted by Gasteiger charge is -2.18. The molecule has 1 atom stereocenters. The summed E-state index contributed by atoms with van der Waals surface area (Å²) in [5, 5.41) is 10.9. The van der Waals surface area contributed by atoms with Crippen LogP contribution in [0.3, 0.4) is 0 Å². The van der Waals surface area contributed by atoms with Gasteiger partial charge >= 0.3 is 5.97 Å². The van der Waals surface area contributed by atoms with Crippen LogP contribution in [0.2, 0.25) is 0 Å². The fourth-order valence-electron chi connectivity index (χ4n) is 1.80. The Morgan fingerprint density at radius 2 is 1.94 bits per heavy atom. The summed E-state index contributed by atoms with van der Waals surface area (Å²) in [6.45, 7) is 3.66. The van der Waals surface area contributed by atoms with E-state index in [2.05, 4.69) is 0 Å². The Morgan fingerprint density at radius 1 is 1.35 bits per heavy atom. The molecule has 0 aliphatic carbocycles. The molecule has 1 rings (SSSR count). The van der Waals surface area contributed by atoms with Crippen LogP contribution in [-0.4, -0.2) is 18.0 Å². The third-order valence-corrected chi connectivity index (χ3v) is 2.59. The second-order valence-corrected chi connectivity index (χ2v) is 4.06. The number of nitro groups is 1. The Bertz CT molecular complexity index is 428. The molecule has 0 radical (unpaired) electrons. The minimum Gasteiger partial charge on any atom is -0.469 e. The molecule has 0 aliphatic heterocycles. The minimum absolute atomic E-state index is 0.0448. The molecule has 0 aliphatic rings. The van der Waals surface area contributed by atoms with E-state index >= 15 is 0 Å². The quantitative estimate of drug-likeness (QED) is 0.458. The number of nitro benzene ring substituents is 1. The van der Waals surface area contributed by atoms with Crippen LogP contribution in [0, 0.1) is 16.0 Å². The number of esters is 1. The van der Waals surface area contributed by atoms with Crippen molar-refractivity contribution in [2.45, 2.75) is 19.8 Å². The lowest BCUT2D eigenvalue weighted by molar-refractivity contribution is -0.385. The molecule has 0 aromatic heterocycles. The smallest absolute Gasteiger partial charge is 0.313 e. The van der Waals surface area contributed by atoms with Gasteiger partial charge in [-0.1, -0.05) is 32.0 Å². The van der Waals surface area contributed by atoms with Gasteiger partial charge in [0.1, 0.15) is 0 Å². The maximum Gasteiger partial charge on any atom is 0.313 e. The summed E-state index contributed by atoms with van der Waals surface area (Å²) in [5.74, 6) is -1.13. The van der Waals surface area contributed by atoms with Gasteiger partial charge in [0.2, 0.25) is 0 Å². The van der Waals surface area contributed by atoms with Crippen molar-refractivity contribution in [2.75, 3.05) is 7.11 Å². The first-order chi connectivity index (χ1) is 7.99. The van der Waals surface area contributed by atoms with E-state index in [1.165, 1.54) is 13.2 Å². The molecule has 0 saturated carbocycles. The van der Waals surface area contributed by atoms with Crippen LogP contribution in [0.25, 0.3) is 0 Å².